The molecule has 32 heteroatoms. The number of fused-ring (bicyclic) bond motifs is 2. The summed E-state index contributed by atoms with van der Waals surface area (Å²) in [6.07, 6.45) is 9.16. The van der Waals surface area contributed by atoms with Gasteiger partial charge in [0.05, 0.1) is 19.1 Å². The van der Waals surface area contributed by atoms with E-state index in [2.05, 4.69) is 75.8 Å². The third-order valence-corrected chi connectivity index (χ3v) is 16.7. The molecule has 4 aromatic rings. The maximum Gasteiger partial charge on any atom is 0.327 e. The summed E-state index contributed by atoms with van der Waals surface area (Å²) in [6.45, 7) is 0.458. The first-order valence-corrected chi connectivity index (χ1v) is 34.2. The van der Waals surface area contributed by atoms with Crippen molar-refractivity contribution >= 4 is 99.5 Å². The van der Waals surface area contributed by atoms with Crippen LogP contribution < -0.4 is 93.3 Å². The van der Waals surface area contributed by atoms with E-state index in [1.165, 1.54) is 0 Å². The minimum Gasteiger partial charge on any atom is -0.480 e. The number of aromatic nitrogens is 2. The van der Waals surface area contributed by atoms with Gasteiger partial charge in [-0.2, -0.15) is 12.6 Å². The molecule has 0 aliphatic carbocycles. The van der Waals surface area contributed by atoms with Gasteiger partial charge < -0.3 is 108 Å². The van der Waals surface area contributed by atoms with Crippen molar-refractivity contribution in [1.82, 2.24) is 63.1 Å². The topological polar surface area (TPSA) is 542 Å². The lowest BCUT2D eigenvalue weighted by Gasteiger charge is -2.28. The second kappa shape index (κ2) is 45.3. The van der Waals surface area contributed by atoms with Crippen LogP contribution in [-0.4, -0.2) is 193 Å². The molecule has 0 fully saturated rings. The first-order chi connectivity index (χ1) is 46.7. The summed E-state index contributed by atoms with van der Waals surface area (Å²) in [5.74, 6) is -9.06. The molecule has 2 aromatic heterocycles. The Hall–Kier alpha value is -8.24. The number of aliphatic carboxylic acids is 1. The monoisotopic (exact) mass is 1380 g/mol. The van der Waals surface area contributed by atoms with Crippen LogP contribution in [0.1, 0.15) is 127 Å². The SMILES string of the molecule is NCCCC[C@H](NC(=O)[C@H](CCCCN)NC(=O)[C@H](Cc1c[nH]c2ccccc12)NC(=O)[C@H](CCCCN)NC(=O)[C@H](CCCCN)NC(=O)[C@H](CCCCN)NC(=O)[C@H](Cc1c[nH]c2ccccc12)NC(=O)[C@@H](N)CCCCN)C(=O)NCC(=O)NCC(=O)N[C@@H](CS)C(=O)O. The number of carbonyl (C=O) groups excluding carboxylic acids is 10. The standard InChI is InChI=1S/C65H105N19O12S/c66-27-11-5-19-44(72)57(87)83-52(33-40-35-73-45-20-3-1-17-42(40)45)63(93)81-50(25-9-15-31-70)61(91)79-48(23-7-13-29-68)60(90)80-51(26-10-16-32-71)62(92)84-53(34-41-36-74-46-21-4-2-18-43(41)46)64(94)82-49(24-8-14-30-69)59(89)78-47(22-6-12-28-67)58(88)76-37-55(85)75-38-56(86)77-54(39-97)65(95)96/h1-4,17-18,20-21,35-36,44,47-54,73-74,97H,5-16,19,22-34,37-39,66-72H2,(H,75,85)(H,76,88)(H,77,86)(H,78,89)(H,79,91)(H,80,90)(H,81,93)(H,82,94)(H,83,87)(H,84,92)(H,95,96)/t44-,47-,48-,49-,50-,51-,52-,53-,54-/m0/s1. The highest BCUT2D eigenvalue weighted by Crippen LogP contribution is 2.22. The van der Waals surface area contributed by atoms with Crippen molar-refractivity contribution in [3.8, 4) is 0 Å². The Morgan fingerprint density at radius 2 is 0.680 bits per heavy atom. The Morgan fingerprint density at radius 3 is 1.03 bits per heavy atom. The van der Waals surface area contributed by atoms with Gasteiger partial charge in [0.25, 0.3) is 0 Å². The van der Waals surface area contributed by atoms with Gasteiger partial charge in [-0.15, -0.1) is 0 Å². The summed E-state index contributed by atoms with van der Waals surface area (Å²) in [5.41, 5.74) is 44.2. The molecular weight excluding hydrogens is 1270 g/mol. The number of carbonyl (C=O) groups is 11. The number of nitrogens with two attached hydrogens (primary N) is 7. The number of benzene rings is 2. The van der Waals surface area contributed by atoms with Gasteiger partial charge in [0.15, 0.2) is 0 Å². The van der Waals surface area contributed by atoms with Crippen LogP contribution in [0.15, 0.2) is 60.9 Å². The van der Waals surface area contributed by atoms with E-state index in [0.29, 0.717) is 101 Å². The number of rotatable bonds is 50. The Morgan fingerprint density at radius 1 is 0.371 bits per heavy atom. The number of amides is 10. The number of nitrogens with one attached hydrogen (secondary N) is 12. The van der Waals surface area contributed by atoms with Crippen molar-refractivity contribution < 1.29 is 57.8 Å². The van der Waals surface area contributed by atoms with Crippen LogP contribution in [0.25, 0.3) is 21.8 Å². The van der Waals surface area contributed by atoms with Crippen LogP contribution >= 0.6 is 12.6 Å². The molecule has 2 aromatic carbocycles. The lowest BCUT2D eigenvalue weighted by Crippen LogP contribution is -2.60. The molecule has 0 saturated carbocycles. The van der Waals surface area contributed by atoms with Gasteiger partial charge in [0.1, 0.15) is 48.3 Å². The lowest BCUT2D eigenvalue weighted by atomic mass is 10.0. The molecular formula is C65H105N19O12S. The molecule has 0 aliphatic rings. The summed E-state index contributed by atoms with van der Waals surface area (Å²) < 4.78 is 0. The minimum absolute atomic E-state index is 0.0216. The molecule has 4 rings (SSSR count). The van der Waals surface area contributed by atoms with E-state index in [-0.39, 0.29) is 83.4 Å². The number of carboxylic acids is 1. The van der Waals surface area contributed by atoms with Gasteiger partial charge in [0.2, 0.25) is 59.1 Å². The van der Waals surface area contributed by atoms with E-state index >= 15 is 0 Å². The van der Waals surface area contributed by atoms with Crippen LogP contribution in [0.5, 0.6) is 0 Å². The zero-order chi connectivity index (χ0) is 71.1. The smallest absolute Gasteiger partial charge is 0.327 e. The van der Waals surface area contributed by atoms with Crippen LogP contribution in [-0.2, 0) is 65.6 Å². The average molecular weight is 1380 g/mol. The van der Waals surface area contributed by atoms with Gasteiger partial charge >= 0.3 is 5.97 Å². The van der Waals surface area contributed by atoms with Crippen molar-refractivity contribution in [1.29, 1.82) is 0 Å². The van der Waals surface area contributed by atoms with E-state index in [1.54, 1.807) is 18.5 Å². The van der Waals surface area contributed by atoms with Gasteiger partial charge in [-0.05, 0) is 172 Å². The molecule has 0 bridgehead atoms. The van der Waals surface area contributed by atoms with Crippen LogP contribution in [0, 0.1) is 0 Å². The molecule has 0 unspecified atom stereocenters. The largest absolute Gasteiger partial charge is 0.480 e. The number of aromatic amines is 2. The number of para-hydroxylation sites is 2. The van der Waals surface area contributed by atoms with E-state index < -0.39 is 133 Å². The normalized spacial score (nSPS) is 14.1. The molecule has 538 valence electrons. The molecule has 10 amide bonds. The zero-order valence-corrected chi connectivity index (χ0v) is 56.3. The first kappa shape index (κ1) is 81.2. The van der Waals surface area contributed by atoms with Gasteiger partial charge in [0, 0.05) is 52.8 Å². The molecule has 0 radical (unpaired) electrons. The number of hydrogen-bond donors (Lipinski definition) is 21. The van der Waals surface area contributed by atoms with Crippen molar-refractivity contribution in [2.45, 2.75) is 183 Å². The molecule has 97 heavy (non-hydrogen) atoms. The maximum atomic E-state index is 15.0. The first-order valence-electron chi connectivity index (χ1n) is 33.6. The molecule has 31 nitrogen and oxygen atoms in total. The maximum absolute atomic E-state index is 15.0. The Labute approximate surface area is 571 Å². The quantitative estimate of drug-likeness (QED) is 0.0163. The number of thiol groups is 1. The Kier molecular flexibility index (Phi) is 37.9. The van der Waals surface area contributed by atoms with Gasteiger partial charge in [-0.1, -0.05) is 42.8 Å². The van der Waals surface area contributed by atoms with Crippen molar-refractivity contribution in [2.24, 2.45) is 40.1 Å². The third kappa shape index (κ3) is 28.8. The Bertz CT molecular complexity index is 3150. The fraction of sp³-hybridized carbons (Fsp3) is 0.585. The number of H-pyrrole nitrogens is 2. The lowest BCUT2D eigenvalue weighted by molar-refractivity contribution is -0.141. The summed E-state index contributed by atoms with van der Waals surface area (Å²) in [4.78, 5) is 159. The molecule has 0 saturated heterocycles. The van der Waals surface area contributed by atoms with Gasteiger partial charge in [-0.25, -0.2) is 4.79 Å². The molecule has 0 aliphatic heterocycles. The molecule has 2 heterocycles. The van der Waals surface area contributed by atoms with E-state index in [1.807, 2.05) is 42.5 Å². The fourth-order valence-corrected chi connectivity index (χ4v) is 11.0. The molecule has 27 N–H and O–H groups in total. The van der Waals surface area contributed by atoms with Crippen molar-refractivity contribution in [3.63, 3.8) is 0 Å². The summed E-state index contributed by atoms with van der Waals surface area (Å²) in [5, 5.41) is 37.4. The van der Waals surface area contributed by atoms with Crippen molar-refractivity contribution in [2.75, 3.05) is 58.1 Å². The summed E-state index contributed by atoms with van der Waals surface area (Å²) in [7, 11) is 0. The van der Waals surface area contributed by atoms with Crippen molar-refractivity contribution in [3.05, 3.63) is 72.1 Å². The number of unbranched alkanes of at least 4 members (excludes halogenated alkanes) is 6. The highest BCUT2D eigenvalue weighted by molar-refractivity contribution is 7.80. The highest BCUT2D eigenvalue weighted by atomic mass is 32.1. The number of carboxylic acid groups (broad SMARTS) is 1. The minimum atomic E-state index is -1.42. The predicted molar refractivity (Wildman–Crippen MR) is 372 cm³/mol. The van der Waals surface area contributed by atoms with Crippen LogP contribution in [0.3, 0.4) is 0 Å². The third-order valence-electron chi connectivity index (χ3n) is 16.4. The summed E-state index contributed by atoms with van der Waals surface area (Å²) >= 11 is 3.90. The average Bonchev–Trinajstić information content (AvgIpc) is 1.73. The zero-order valence-electron chi connectivity index (χ0n) is 55.4. The molecule has 9 atom stereocenters. The van der Waals surface area contributed by atoms with Gasteiger partial charge in [-0.3, -0.25) is 47.9 Å². The fourth-order valence-electron chi connectivity index (χ4n) is 10.8. The van der Waals surface area contributed by atoms with E-state index in [9.17, 15) is 57.8 Å². The molecule has 0 spiro atoms. The predicted octanol–water partition coefficient (Wildman–Crippen LogP) is -2.34. The van der Waals surface area contributed by atoms with E-state index in [0.717, 1.165) is 21.8 Å². The van der Waals surface area contributed by atoms with E-state index in [4.69, 9.17) is 40.1 Å². The van der Waals surface area contributed by atoms with Crippen LogP contribution in [0.2, 0.25) is 0 Å². The Balaban J connectivity index is 1.64. The highest BCUT2D eigenvalue weighted by Gasteiger charge is 2.35. The van der Waals surface area contributed by atoms with Crippen LogP contribution in [0.4, 0.5) is 0 Å². The number of hydrogen-bond acceptors (Lipinski definition) is 19. The second-order valence-electron chi connectivity index (χ2n) is 24.0. The summed E-state index contributed by atoms with van der Waals surface area (Å²) in [6, 6.07) is 3.40. The second-order valence-corrected chi connectivity index (χ2v) is 24.4.